The summed E-state index contributed by atoms with van der Waals surface area (Å²) in [5.41, 5.74) is 0.579. The number of halogens is 1. The largest absolute Gasteiger partial charge is 0.480 e. The Kier molecular flexibility index (Phi) is 5.14. The number of aryl methyl sites for hydroxylation is 1. The van der Waals surface area contributed by atoms with Crippen LogP contribution in [-0.4, -0.2) is 25.5 Å². The third-order valence-corrected chi connectivity index (χ3v) is 5.19. The molecule has 1 heterocycles. The number of carboxylic acid groups (broad SMARTS) is 1. The van der Waals surface area contributed by atoms with Gasteiger partial charge in [-0.1, -0.05) is 17.2 Å². The molecule has 0 saturated carbocycles. The van der Waals surface area contributed by atoms with Crippen molar-refractivity contribution in [1.29, 1.82) is 0 Å². The Labute approximate surface area is 121 Å². The molecule has 1 aromatic rings. The lowest BCUT2D eigenvalue weighted by molar-refractivity contribution is -0.138. The molecule has 0 fully saturated rings. The summed E-state index contributed by atoms with van der Waals surface area (Å²) in [6.45, 7) is 6.83. The predicted octanol–water partition coefficient (Wildman–Crippen LogP) is 2.41. The summed E-state index contributed by atoms with van der Waals surface area (Å²) in [6.07, 6.45) is 0.0332. The number of nitrogens with one attached hydrogen (secondary N) is 1. The number of rotatable bonds is 6. The molecule has 8 heteroatoms. The van der Waals surface area contributed by atoms with Crippen LogP contribution in [0.4, 0.5) is 0 Å². The molecule has 1 atom stereocenters. The van der Waals surface area contributed by atoms with Crippen molar-refractivity contribution < 1.29 is 18.3 Å². The van der Waals surface area contributed by atoms with E-state index in [0.717, 1.165) is 11.3 Å². The summed E-state index contributed by atoms with van der Waals surface area (Å²) in [7, 11) is -3.91. The van der Waals surface area contributed by atoms with Crippen LogP contribution in [0.15, 0.2) is 23.1 Å². The zero-order valence-electron chi connectivity index (χ0n) is 10.4. The van der Waals surface area contributed by atoms with Crippen LogP contribution in [0, 0.1) is 6.92 Å². The molecular formula is C11H14ClNO4S2. The smallest absolute Gasteiger partial charge is 0.322 e. The maximum absolute atomic E-state index is 12.1. The van der Waals surface area contributed by atoms with E-state index in [-0.39, 0.29) is 11.3 Å². The number of thiophene rings is 1. The van der Waals surface area contributed by atoms with E-state index in [2.05, 4.69) is 11.3 Å². The molecule has 2 N–H and O–H groups in total. The Bertz CT molecular complexity index is 606. The molecule has 5 nitrogen and oxygen atoms in total. The minimum Gasteiger partial charge on any atom is -0.480 e. The highest BCUT2D eigenvalue weighted by Crippen LogP contribution is 2.29. The van der Waals surface area contributed by atoms with Crippen molar-refractivity contribution in [3.63, 3.8) is 0 Å². The third kappa shape index (κ3) is 4.31. The van der Waals surface area contributed by atoms with Crippen LogP contribution < -0.4 is 4.72 Å². The van der Waals surface area contributed by atoms with Gasteiger partial charge in [0, 0.05) is 4.88 Å². The maximum Gasteiger partial charge on any atom is 0.322 e. The first-order valence-electron chi connectivity index (χ1n) is 5.29. The van der Waals surface area contributed by atoms with Crippen molar-refractivity contribution in [2.24, 2.45) is 0 Å². The first kappa shape index (κ1) is 16.2. The van der Waals surface area contributed by atoms with Gasteiger partial charge in [-0.3, -0.25) is 4.79 Å². The molecule has 19 heavy (non-hydrogen) atoms. The molecule has 106 valence electrons. The highest BCUT2D eigenvalue weighted by atomic mass is 35.5. The van der Waals surface area contributed by atoms with Crippen LogP contribution in [0.3, 0.4) is 0 Å². The van der Waals surface area contributed by atoms with Crippen LogP contribution in [0.1, 0.15) is 18.2 Å². The van der Waals surface area contributed by atoms with Gasteiger partial charge < -0.3 is 5.11 Å². The Morgan fingerprint density at radius 1 is 1.63 bits per heavy atom. The van der Waals surface area contributed by atoms with Crippen molar-refractivity contribution in [2.75, 3.05) is 0 Å². The molecule has 0 bridgehead atoms. The Hall–Kier alpha value is -0.890. The summed E-state index contributed by atoms with van der Waals surface area (Å²) >= 11 is 6.88. The van der Waals surface area contributed by atoms with E-state index in [9.17, 15) is 13.2 Å². The molecule has 0 radical (unpaired) electrons. The van der Waals surface area contributed by atoms with E-state index in [1.807, 2.05) is 0 Å². The molecule has 0 aliphatic rings. The Morgan fingerprint density at radius 3 is 2.58 bits per heavy atom. The number of sulfonamides is 1. The SMILES string of the molecule is C=C(C)CC(NS(=O)(=O)c1cc(Cl)sc1C)C(=O)O. The summed E-state index contributed by atoms with van der Waals surface area (Å²) < 4.78 is 26.7. The van der Waals surface area contributed by atoms with Gasteiger partial charge in [-0.25, -0.2) is 8.42 Å². The highest BCUT2D eigenvalue weighted by Gasteiger charge is 2.27. The minimum absolute atomic E-state index is 0.00969. The number of carbonyl (C=O) groups is 1. The summed E-state index contributed by atoms with van der Waals surface area (Å²) in [5, 5.41) is 9.02. The van der Waals surface area contributed by atoms with E-state index in [4.69, 9.17) is 16.7 Å². The molecule has 0 saturated heterocycles. The molecule has 1 rings (SSSR count). The average Bonchev–Trinajstić information content (AvgIpc) is 2.56. The first-order valence-corrected chi connectivity index (χ1v) is 7.96. The highest BCUT2D eigenvalue weighted by molar-refractivity contribution is 7.89. The van der Waals surface area contributed by atoms with Gasteiger partial charge in [-0.15, -0.1) is 17.9 Å². The van der Waals surface area contributed by atoms with E-state index < -0.39 is 22.0 Å². The quantitative estimate of drug-likeness (QED) is 0.787. The number of hydrogen-bond donors (Lipinski definition) is 2. The number of hydrogen-bond acceptors (Lipinski definition) is 4. The minimum atomic E-state index is -3.91. The lowest BCUT2D eigenvalue weighted by atomic mass is 10.1. The topological polar surface area (TPSA) is 83.5 Å². The van der Waals surface area contributed by atoms with E-state index >= 15 is 0 Å². The Balaban J connectivity index is 3.04. The van der Waals surface area contributed by atoms with Crippen molar-refractivity contribution >= 4 is 38.9 Å². The molecule has 0 spiro atoms. The second-order valence-electron chi connectivity index (χ2n) is 4.14. The van der Waals surface area contributed by atoms with Gasteiger partial charge >= 0.3 is 5.97 Å². The monoisotopic (exact) mass is 323 g/mol. The van der Waals surface area contributed by atoms with Gasteiger partial charge in [0.25, 0.3) is 0 Å². The summed E-state index contributed by atoms with van der Waals surface area (Å²) in [5.74, 6) is -1.24. The van der Waals surface area contributed by atoms with E-state index in [1.54, 1.807) is 13.8 Å². The molecule has 0 amide bonds. The molecule has 0 aliphatic carbocycles. The molecule has 0 aliphatic heterocycles. The fourth-order valence-electron chi connectivity index (χ4n) is 1.48. The lowest BCUT2D eigenvalue weighted by Crippen LogP contribution is -2.40. The average molecular weight is 324 g/mol. The first-order chi connectivity index (χ1) is 8.63. The molecule has 0 aromatic carbocycles. The predicted molar refractivity (Wildman–Crippen MR) is 75.2 cm³/mol. The van der Waals surface area contributed by atoms with Gasteiger partial charge in [0.1, 0.15) is 6.04 Å². The van der Waals surface area contributed by atoms with Gasteiger partial charge in [0.15, 0.2) is 0 Å². The second kappa shape index (κ2) is 6.04. The molecule has 1 unspecified atom stereocenters. The molecular weight excluding hydrogens is 310 g/mol. The third-order valence-electron chi connectivity index (χ3n) is 2.28. The second-order valence-corrected chi connectivity index (χ2v) is 7.71. The fourth-order valence-corrected chi connectivity index (χ4v) is 4.49. The summed E-state index contributed by atoms with van der Waals surface area (Å²) in [4.78, 5) is 11.6. The van der Waals surface area contributed by atoms with Crippen LogP contribution in [-0.2, 0) is 14.8 Å². The van der Waals surface area contributed by atoms with Crippen LogP contribution >= 0.6 is 22.9 Å². The van der Waals surface area contributed by atoms with Crippen LogP contribution in [0.25, 0.3) is 0 Å². The standard InChI is InChI=1S/C11H14ClNO4S2/c1-6(2)4-8(11(14)15)13-19(16,17)9-5-10(12)18-7(9)3/h5,8,13H,1,4H2,2-3H3,(H,14,15). The normalized spacial score (nSPS) is 13.2. The number of carboxylic acids is 1. The van der Waals surface area contributed by atoms with Crippen molar-refractivity contribution in [3.05, 3.63) is 27.4 Å². The maximum atomic E-state index is 12.1. The number of aliphatic carboxylic acids is 1. The molecule has 1 aromatic heterocycles. The van der Waals surface area contributed by atoms with E-state index in [0.29, 0.717) is 14.8 Å². The van der Waals surface area contributed by atoms with Crippen molar-refractivity contribution in [2.45, 2.75) is 31.2 Å². The zero-order chi connectivity index (χ0) is 14.8. The lowest BCUT2D eigenvalue weighted by Gasteiger charge is -2.14. The van der Waals surface area contributed by atoms with Crippen molar-refractivity contribution in [1.82, 2.24) is 4.72 Å². The summed E-state index contributed by atoms with van der Waals surface area (Å²) in [6, 6.07) is 0.0735. The Morgan fingerprint density at radius 2 is 2.21 bits per heavy atom. The van der Waals surface area contributed by atoms with Gasteiger partial charge in [-0.05, 0) is 26.3 Å². The van der Waals surface area contributed by atoms with Crippen molar-refractivity contribution in [3.8, 4) is 0 Å². The van der Waals surface area contributed by atoms with E-state index in [1.165, 1.54) is 6.07 Å². The van der Waals surface area contributed by atoms with Crippen LogP contribution in [0.2, 0.25) is 4.34 Å². The van der Waals surface area contributed by atoms with Gasteiger partial charge in [0.05, 0.1) is 9.23 Å². The van der Waals surface area contributed by atoms with Gasteiger partial charge in [-0.2, -0.15) is 4.72 Å². The fraction of sp³-hybridized carbons (Fsp3) is 0.364. The zero-order valence-corrected chi connectivity index (χ0v) is 12.8. The van der Waals surface area contributed by atoms with Crippen LogP contribution in [0.5, 0.6) is 0 Å². The van der Waals surface area contributed by atoms with Gasteiger partial charge in [0.2, 0.25) is 10.0 Å².